The van der Waals surface area contributed by atoms with Gasteiger partial charge in [-0.25, -0.2) is 9.78 Å². The van der Waals surface area contributed by atoms with Crippen molar-refractivity contribution in [2.24, 2.45) is 5.73 Å². The normalized spacial score (nSPS) is 13.4. The lowest BCUT2D eigenvalue weighted by atomic mass is 10.2. The molecule has 0 aliphatic rings. The van der Waals surface area contributed by atoms with Crippen LogP contribution in [0.2, 0.25) is 0 Å². The number of carbonyl (C=O) groups excluding carboxylic acids is 1. The molecule has 1 unspecified atom stereocenters. The Hall–Kier alpha value is -1.60. The van der Waals surface area contributed by atoms with E-state index in [0.29, 0.717) is 6.54 Å². The fraction of sp³-hybridized carbons (Fsp3) is 0.538. The predicted octanol–water partition coefficient (Wildman–Crippen LogP) is 2.23. The third kappa shape index (κ3) is 3.29. The number of fused-ring (bicyclic) bond motifs is 1. The van der Waals surface area contributed by atoms with E-state index in [0.717, 1.165) is 16.3 Å². The van der Waals surface area contributed by atoms with Gasteiger partial charge in [-0.15, -0.1) is 11.3 Å². The lowest BCUT2D eigenvalue weighted by molar-refractivity contribution is 0.0524. The maximum absolute atomic E-state index is 11.6. The molecule has 7 heteroatoms. The highest BCUT2D eigenvalue weighted by molar-refractivity contribution is 7.15. The first-order valence-corrected chi connectivity index (χ1v) is 7.30. The minimum absolute atomic E-state index is 0.305. The zero-order chi connectivity index (χ0) is 14.9. The molecule has 20 heavy (non-hydrogen) atoms. The second-order valence-electron chi connectivity index (χ2n) is 5.63. The Morgan fingerprint density at radius 2 is 2.30 bits per heavy atom. The Kier molecular flexibility index (Phi) is 4.01. The molecule has 0 fully saturated rings. The maximum Gasteiger partial charge on any atom is 0.407 e. The van der Waals surface area contributed by atoms with Gasteiger partial charge in [0.2, 0.25) is 0 Å². The van der Waals surface area contributed by atoms with Crippen molar-refractivity contribution in [1.82, 2.24) is 14.7 Å². The minimum atomic E-state index is -0.513. The van der Waals surface area contributed by atoms with Crippen LogP contribution in [0.4, 0.5) is 4.79 Å². The molecule has 0 bridgehead atoms. The molecule has 0 aromatic carbocycles. The van der Waals surface area contributed by atoms with Gasteiger partial charge < -0.3 is 15.8 Å². The molecule has 0 radical (unpaired) electrons. The molecule has 1 amide bonds. The Morgan fingerprint density at radius 3 is 2.95 bits per heavy atom. The average molecular weight is 296 g/mol. The molecule has 0 spiro atoms. The van der Waals surface area contributed by atoms with Crippen LogP contribution in [0.25, 0.3) is 4.96 Å². The van der Waals surface area contributed by atoms with Crippen LogP contribution in [0.15, 0.2) is 11.6 Å². The van der Waals surface area contributed by atoms with E-state index in [2.05, 4.69) is 10.3 Å². The van der Waals surface area contributed by atoms with Gasteiger partial charge >= 0.3 is 6.09 Å². The summed E-state index contributed by atoms with van der Waals surface area (Å²) in [6, 6.07) is -0.327. The number of hydrogen-bond acceptors (Lipinski definition) is 5. The van der Waals surface area contributed by atoms with Crippen LogP contribution < -0.4 is 11.1 Å². The molecule has 1 atom stereocenters. The predicted molar refractivity (Wildman–Crippen MR) is 79.0 cm³/mol. The third-order valence-corrected chi connectivity index (χ3v) is 3.46. The van der Waals surface area contributed by atoms with Crippen molar-refractivity contribution >= 4 is 22.4 Å². The summed E-state index contributed by atoms with van der Waals surface area (Å²) in [4.78, 5) is 17.0. The number of nitrogens with two attached hydrogens (primary N) is 1. The molecule has 2 aromatic rings. The van der Waals surface area contributed by atoms with Gasteiger partial charge in [0, 0.05) is 18.1 Å². The van der Waals surface area contributed by atoms with E-state index < -0.39 is 11.7 Å². The van der Waals surface area contributed by atoms with Crippen LogP contribution in [0.1, 0.15) is 38.2 Å². The summed E-state index contributed by atoms with van der Waals surface area (Å²) >= 11 is 1.56. The number of nitrogens with zero attached hydrogens (tertiary/aromatic N) is 2. The first kappa shape index (κ1) is 14.8. The topological polar surface area (TPSA) is 81.7 Å². The minimum Gasteiger partial charge on any atom is -0.444 e. The highest BCUT2D eigenvalue weighted by Crippen LogP contribution is 2.21. The van der Waals surface area contributed by atoms with Crippen molar-refractivity contribution in [2.75, 3.05) is 6.54 Å². The standard InChI is InChI=1S/C13H20N4O2S/c1-8-10(17-5-6-20-11(17)16-8)9(14)7-15-12(18)19-13(2,3)4/h5-6,9H,7,14H2,1-4H3,(H,15,18). The van der Waals surface area contributed by atoms with Crippen molar-refractivity contribution in [2.45, 2.75) is 39.3 Å². The monoisotopic (exact) mass is 296 g/mol. The van der Waals surface area contributed by atoms with Gasteiger partial charge in [-0.1, -0.05) is 0 Å². The molecule has 0 aliphatic carbocycles. The van der Waals surface area contributed by atoms with Gasteiger partial charge in [0.25, 0.3) is 0 Å². The Balaban J connectivity index is 2.02. The number of alkyl carbamates (subject to hydrolysis) is 1. The number of aromatic nitrogens is 2. The molecule has 2 rings (SSSR count). The van der Waals surface area contributed by atoms with E-state index in [1.54, 1.807) is 11.3 Å². The molecular formula is C13H20N4O2S. The smallest absolute Gasteiger partial charge is 0.407 e. The summed E-state index contributed by atoms with van der Waals surface area (Å²) in [5.41, 5.74) is 7.44. The number of aryl methyl sites for hydroxylation is 1. The second-order valence-corrected chi connectivity index (χ2v) is 6.50. The first-order chi connectivity index (χ1) is 9.28. The van der Waals surface area contributed by atoms with Crippen LogP contribution in [-0.4, -0.2) is 27.6 Å². The zero-order valence-corrected chi connectivity index (χ0v) is 13.0. The van der Waals surface area contributed by atoms with E-state index in [1.807, 2.05) is 43.7 Å². The summed E-state index contributed by atoms with van der Waals surface area (Å²) < 4.78 is 7.14. The molecule has 110 valence electrons. The molecule has 6 nitrogen and oxygen atoms in total. The quantitative estimate of drug-likeness (QED) is 0.910. The van der Waals surface area contributed by atoms with Gasteiger partial charge in [0.05, 0.1) is 17.4 Å². The highest BCUT2D eigenvalue weighted by Gasteiger charge is 2.20. The van der Waals surface area contributed by atoms with E-state index in [9.17, 15) is 4.79 Å². The Morgan fingerprint density at radius 1 is 1.60 bits per heavy atom. The van der Waals surface area contributed by atoms with Crippen LogP contribution >= 0.6 is 11.3 Å². The zero-order valence-electron chi connectivity index (χ0n) is 12.1. The number of nitrogens with one attached hydrogen (secondary N) is 1. The van der Waals surface area contributed by atoms with Crippen molar-refractivity contribution < 1.29 is 9.53 Å². The lowest BCUT2D eigenvalue weighted by Gasteiger charge is -2.20. The fourth-order valence-electron chi connectivity index (χ4n) is 1.96. The molecule has 2 heterocycles. The number of ether oxygens (including phenoxy) is 1. The molecular weight excluding hydrogens is 276 g/mol. The highest BCUT2D eigenvalue weighted by atomic mass is 32.1. The van der Waals surface area contributed by atoms with Crippen LogP contribution in [-0.2, 0) is 4.74 Å². The van der Waals surface area contributed by atoms with E-state index in [-0.39, 0.29) is 6.04 Å². The first-order valence-electron chi connectivity index (χ1n) is 6.42. The van der Waals surface area contributed by atoms with E-state index in [4.69, 9.17) is 10.5 Å². The number of hydrogen-bond donors (Lipinski definition) is 2. The van der Waals surface area contributed by atoms with E-state index in [1.165, 1.54) is 0 Å². The summed E-state index contributed by atoms with van der Waals surface area (Å²) in [5.74, 6) is 0. The van der Waals surface area contributed by atoms with Gasteiger partial charge in [0.15, 0.2) is 4.96 Å². The van der Waals surface area contributed by atoms with Crippen molar-refractivity contribution in [3.63, 3.8) is 0 Å². The van der Waals surface area contributed by atoms with Crippen molar-refractivity contribution in [3.8, 4) is 0 Å². The fourth-order valence-corrected chi connectivity index (χ4v) is 2.73. The molecule has 2 aromatic heterocycles. The summed E-state index contributed by atoms with van der Waals surface area (Å²) in [6.45, 7) is 7.69. The number of thiazole rings is 1. The maximum atomic E-state index is 11.6. The van der Waals surface area contributed by atoms with Crippen LogP contribution in [0.5, 0.6) is 0 Å². The number of rotatable bonds is 3. The lowest BCUT2D eigenvalue weighted by Crippen LogP contribution is -2.37. The van der Waals surface area contributed by atoms with Crippen molar-refractivity contribution in [3.05, 3.63) is 23.0 Å². The summed E-state index contributed by atoms with van der Waals surface area (Å²) in [7, 11) is 0. The van der Waals surface area contributed by atoms with E-state index >= 15 is 0 Å². The third-order valence-electron chi connectivity index (χ3n) is 2.70. The van der Waals surface area contributed by atoms with Gasteiger partial charge in [-0.3, -0.25) is 4.40 Å². The van der Waals surface area contributed by atoms with Gasteiger partial charge in [-0.05, 0) is 27.7 Å². The van der Waals surface area contributed by atoms with Gasteiger partial charge in [-0.2, -0.15) is 0 Å². The van der Waals surface area contributed by atoms with Crippen LogP contribution in [0.3, 0.4) is 0 Å². The average Bonchev–Trinajstić information content (AvgIpc) is 2.83. The summed E-state index contributed by atoms with van der Waals surface area (Å²) in [6.07, 6.45) is 1.47. The molecule has 0 saturated carbocycles. The Labute approximate surface area is 121 Å². The van der Waals surface area contributed by atoms with Gasteiger partial charge in [0.1, 0.15) is 5.60 Å². The van der Waals surface area contributed by atoms with Crippen LogP contribution in [0, 0.1) is 6.92 Å². The molecule has 3 N–H and O–H groups in total. The van der Waals surface area contributed by atoms with Crippen molar-refractivity contribution in [1.29, 1.82) is 0 Å². The molecule has 0 aliphatic heterocycles. The SMILES string of the molecule is Cc1nc2sccn2c1C(N)CNC(=O)OC(C)(C)C. The number of imidazole rings is 1. The second kappa shape index (κ2) is 5.41. The summed E-state index contributed by atoms with van der Waals surface area (Å²) in [5, 5.41) is 4.65. The number of amides is 1. The number of carbonyl (C=O) groups is 1. The largest absolute Gasteiger partial charge is 0.444 e. The molecule has 0 saturated heterocycles. The Bertz CT molecular complexity index is 611.